The Kier molecular flexibility index (Phi) is 35.3. The number of aromatic nitrogens is 12. The van der Waals surface area contributed by atoms with Crippen molar-refractivity contribution in [3.8, 4) is 22.7 Å². The van der Waals surface area contributed by atoms with Crippen LogP contribution in [-0.2, 0) is 61.0 Å². The standard InChI is InChI=1S/C30H31N5O2S.C30H33N5OS.C27H30N6OS.C26H28N6OS/c1-23(36)32-26-14-12-24(13-15-26)21-33-16-18-34(19-17-33)28-20-31-35(27-10-6-3-7-11-27)30(37)29(28)38-22-25-8-4-2-5-9-25;1-32(2)26-15-13-24(14-16-26)22-33-17-19-34(20-18-33)28-21-31-35(27-11-7-4-8-12-27)30(36)29(28)37-23-25-9-5-3-6-10-25;1-21-17-24(30(2)29-21)19-31-13-15-32(16-14-31)25-18-28-33(23-11-7-4-8-12-23)27(34)26(25)35-20-22-9-5-3-6-10-22;1-20-23(28-19-27-20)17-30-12-14-31(15-13-30)24-16-29-32(22-10-6-3-7-11-22)26(33)25(24)34-18-21-8-4-2-5-9-21/h2-15,20H,16-19,21-22H2,1H3,(H,32,36);3-16,21H,17-20,22-23H2,1-2H3;3-12,17-18H,13-16,19-20H2,1-2H3;2-11,16,19H,12-15,17-18H2,1H3,(H,27,28). The van der Waals surface area contributed by atoms with E-state index in [9.17, 15) is 24.0 Å². The molecule has 0 bridgehead atoms. The maximum absolute atomic E-state index is 13.7. The Balaban J connectivity index is 0.000000132. The fourth-order valence-corrected chi connectivity index (χ4v) is 22.0. The van der Waals surface area contributed by atoms with Gasteiger partial charge in [0.15, 0.2) is 0 Å². The van der Waals surface area contributed by atoms with E-state index in [1.807, 2.05) is 250 Å². The maximum Gasteiger partial charge on any atom is 0.287 e. The summed E-state index contributed by atoms with van der Waals surface area (Å²) in [5.41, 5.74) is 20.3. The van der Waals surface area contributed by atoms with Crippen molar-refractivity contribution >= 4 is 87.1 Å². The zero-order chi connectivity index (χ0) is 99.5. The summed E-state index contributed by atoms with van der Waals surface area (Å²) >= 11 is 6.37. The van der Waals surface area contributed by atoms with Crippen molar-refractivity contribution in [2.24, 2.45) is 7.05 Å². The zero-order valence-electron chi connectivity index (χ0n) is 82.3. The predicted octanol–water partition coefficient (Wildman–Crippen LogP) is 17.5. The van der Waals surface area contributed by atoms with E-state index in [1.165, 1.54) is 70.4 Å². The molecule has 738 valence electrons. The molecule has 144 heavy (non-hydrogen) atoms. The van der Waals surface area contributed by atoms with Crippen LogP contribution in [-0.4, -0.2) is 203 Å². The molecule has 0 spiro atoms. The van der Waals surface area contributed by atoms with Gasteiger partial charge in [-0.05, 0) is 126 Å². The first-order valence-electron chi connectivity index (χ1n) is 48.8. The number of amides is 1. The van der Waals surface area contributed by atoms with Crippen LogP contribution in [0.2, 0.25) is 0 Å². The van der Waals surface area contributed by atoms with Crippen molar-refractivity contribution in [2.45, 2.75) is 89.5 Å². The first kappa shape index (κ1) is 101. The van der Waals surface area contributed by atoms with Crippen molar-refractivity contribution in [1.29, 1.82) is 0 Å². The van der Waals surface area contributed by atoms with Gasteiger partial charge in [-0.15, -0.1) is 47.0 Å². The van der Waals surface area contributed by atoms with E-state index in [0.29, 0.717) is 0 Å². The van der Waals surface area contributed by atoms with E-state index >= 15 is 0 Å². The number of aromatic amines is 1. The minimum absolute atomic E-state index is 0.0620. The van der Waals surface area contributed by atoms with Crippen LogP contribution < -0.4 is 52.1 Å². The number of thioether (sulfide) groups is 4. The third-order valence-electron chi connectivity index (χ3n) is 25.7. The van der Waals surface area contributed by atoms with Crippen LogP contribution in [0.1, 0.15) is 63.1 Å². The van der Waals surface area contributed by atoms with Crippen molar-refractivity contribution in [3.63, 3.8) is 0 Å². The first-order valence-corrected chi connectivity index (χ1v) is 52.7. The molecule has 27 nitrogen and oxygen atoms in total. The number of nitrogens with zero attached hydrogens (tertiary/aromatic N) is 20. The SMILES string of the molecule is CC(=O)Nc1ccc(CN2CCN(c3cnn(-c4ccccc4)c(=O)c3SCc3ccccc3)CC2)cc1.CN(C)c1ccc(CN2CCN(c3cnn(-c4ccccc4)c(=O)c3SCc3ccccc3)CC2)cc1.Cc1[nH]cnc1CN1CCN(c2cnn(-c3ccccc3)c(=O)c2SCc2ccccc2)CC1.Cc1cc(CN2CCN(c3cnn(-c4ccccc4)c(=O)c3SCc3ccccc3)CC2)n(C)n1. The van der Waals surface area contributed by atoms with Gasteiger partial charge in [0.2, 0.25) is 5.91 Å². The summed E-state index contributed by atoms with van der Waals surface area (Å²) in [6.45, 7) is 23.2. The van der Waals surface area contributed by atoms with Crippen LogP contribution >= 0.6 is 47.0 Å². The molecule has 4 saturated heterocycles. The van der Waals surface area contributed by atoms with Gasteiger partial charge in [-0.3, -0.25) is 48.3 Å². The third-order valence-corrected chi connectivity index (χ3v) is 30.3. The molecule has 0 atom stereocenters. The number of hydrogen-bond acceptors (Lipinski definition) is 24. The van der Waals surface area contributed by atoms with Crippen LogP contribution in [0.25, 0.3) is 22.7 Å². The summed E-state index contributed by atoms with van der Waals surface area (Å²) in [4.78, 5) is 97.5. The minimum Gasteiger partial charge on any atom is -0.378 e. The van der Waals surface area contributed by atoms with Crippen LogP contribution in [0, 0.1) is 13.8 Å². The fourth-order valence-electron chi connectivity index (χ4n) is 17.8. The Labute approximate surface area is 858 Å². The van der Waals surface area contributed by atoms with Gasteiger partial charge >= 0.3 is 0 Å². The third kappa shape index (κ3) is 27.0. The molecular weight excluding hydrogens is 1870 g/mol. The topological polar surface area (TPSA) is 244 Å². The summed E-state index contributed by atoms with van der Waals surface area (Å²) in [6.07, 6.45) is 9.19. The van der Waals surface area contributed by atoms with Crippen LogP contribution in [0.4, 0.5) is 34.1 Å². The normalized spacial score (nSPS) is 14.2. The van der Waals surface area contributed by atoms with E-state index in [2.05, 4.69) is 197 Å². The Morgan fingerprint density at radius 3 is 0.889 bits per heavy atom. The number of piperazine rings is 4. The monoisotopic (exact) mass is 1990 g/mol. The molecule has 6 aromatic heterocycles. The number of para-hydroxylation sites is 4. The lowest BCUT2D eigenvalue weighted by Crippen LogP contribution is -2.47. The molecule has 0 unspecified atom stereocenters. The van der Waals surface area contributed by atoms with E-state index in [-0.39, 0.29) is 28.1 Å². The van der Waals surface area contributed by atoms with Gasteiger partial charge in [0.25, 0.3) is 22.2 Å². The van der Waals surface area contributed by atoms with Gasteiger partial charge in [-0.2, -0.15) is 44.2 Å². The molecule has 4 aliphatic rings. The highest BCUT2D eigenvalue weighted by molar-refractivity contribution is 7.99. The number of aryl methyl sites for hydroxylation is 3. The second-order valence-corrected chi connectivity index (χ2v) is 40.1. The lowest BCUT2D eigenvalue weighted by molar-refractivity contribution is -0.114. The van der Waals surface area contributed by atoms with E-state index < -0.39 is 0 Å². The lowest BCUT2D eigenvalue weighted by Gasteiger charge is -2.36. The Morgan fingerprint density at radius 1 is 0.347 bits per heavy atom. The summed E-state index contributed by atoms with van der Waals surface area (Å²) < 4.78 is 8.00. The largest absolute Gasteiger partial charge is 0.378 e. The molecule has 10 aromatic carbocycles. The maximum atomic E-state index is 13.7. The summed E-state index contributed by atoms with van der Waals surface area (Å²) in [5, 5.41) is 25.5. The van der Waals surface area contributed by atoms with E-state index in [4.69, 9.17) is 0 Å². The summed E-state index contributed by atoms with van der Waals surface area (Å²) in [5.74, 6) is 2.87. The number of carbonyl (C=O) groups excluding carboxylic acids is 1. The van der Waals surface area contributed by atoms with Gasteiger partial charge in [-0.25, -0.2) is 4.98 Å². The van der Waals surface area contributed by atoms with Gasteiger partial charge in [0, 0.05) is 199 Å². The van der Waals surface area contributed by atoms with Crippen LogP contribution in [0.3, 0.4) is 0 Å². The number of nitrogens with one attached hydrogen (secondary N) is 2. The number of anilines is 6. The van der Waals surface area contributed by atoms with Gasteiger partial charge in [-0.1, -0.05) is 218 Å². The number of rotatable bonds is 30. The van der Waals surface area contributed by atoms with Crippen LogP contribution in [0.5, 0.6) is 0 Å². The highest BCUT2D eigenvalue weighted by Gasteiger charge is 2.30. The van der Waals surface area contributed by atoms with Crippen molar-refractivity contribution < 1.29 is 4.79 Å². The van der Waals surface area contributed by atoms with Crippen molar-refractivity contribution in [3.05, 3.63) is 426 Å². The quantitative estimate of drug-likeness (QED) is 0.0397. The molecule has 0 aliphatic carbocycles. The Bertz CT molecular complexity index is 7070. The smallest absolute Gasteiger partial charge is 0.287 e. The van der Waals surface area contributed by atoms with E-state index in [1.54, 1.807) is 53.4 Å². The summed E-state index contributed by atoms with van der Waals surface area (Å²) in [6, 6.07) is 98.5. The number of imidazole rings is 1. The highest BCUT2D eigenvalue weighted by atomic mass is 32.2. The van der Waals surface area contributed by atoms with Crippen molar-refractivity contribution in [1.82, 2.24) is 78.5 Å². The lowest BCUT2D eigenvalue weighted by atomic mass is 10.1. The average molecular weight is 2000 g/mol. The van der Waals surface area contributed by atoms with Crippen molar-refractivity contribution in [2.75, 3.05) is 149 Å². The predicted molar refractivity (Wildman–Crippen MR) is 586 cm³/mol. The van der Waals surface area contributed by atoms with Gasteiger partial charge in [0.1, 0.15) is 19.6 Å². The molecule has 20 rings (SSSR count). The van der Waals surface area contributed by atoms with E-state index in [0.717, 1.165) is 242 Å². The molecule has 31 heteroatoms. The zero-order valence-corrected chi connectivity index (χ0v) is 85.5. The van der Waals surface area contributed by atoms with Gasteiger partial charge in [0.05, 0.1) is 93.7 Å². The fraction of sp³-hybridized carbons (Fsp3) is 0.265. The second kappa shape index (κ2) is 50.2. The molecule has 0 radical (unpaired) electrons. The Morgan fingerprint density at radius 2 is 0.625 bits per heavy atom. The molecule has 0 saturated carbocycles. The summed E-state index contributed by atoms with van der Waals surface area (Å²) in [7, 11) is 6.13. The Hall–Kier alpha value is -14.2. The molecule has 1 amide bonds. The number of hydrogen-bond donors (Lipinski definition) is 2. The molecular formula is C113H122N22O5S4. The molecule has 2 N–H and O–H groups in total. The number of carbonyl (C=O) groups is 1. The minimum atomic E-state index is -0.0867. The number of benzene rings is 10. The number of H-pyrrole nitrogens is 1. The first-order chi connectivity index (χ1) is 70.4. The molecule has 16 aromatic rings. The second-order valence-electron chi connectivity index (χ2n) is 36.1. The molecule has 4 aliphatic heterocycles. The van der Waals surface area contributed by atoms with Gasteiger partial charge < -0.3 is 34.8 Å². The highest BCUT2D eigenvalue weighted by Crippen LogP contribution is 2.37. The average Bonchev–Trinajstić information content (AvgIpc) is 1.25. The molecule has 10 heterocycles. The molecule has 4 fully saturated rings. The van der Waals surface area contributed by atoms with Crippen LogP contribution in [0.15, 0.2) is 367 Å².